The van der Waals surface area contributed by atoms with Crippen molar-refractivity contribution in [2.75, 3.05) is 0 Å². The second-order valence-corrected chi connectivity index (χ2v) is 5.05. The van der Waals surface area contributed by atoms with Crippen LogP contribution in [0.25, 0.3) is 0 Å². The quantitative estimate of drug-likeness (QED) is 0.813. The van der Waals surface area contributed by atoms with Gasteiger partial charge < -0.3 is 5.73 Å². The zero-order valence-corrected chi connectivity index (χ0v) is 11.5. The molecule has 1 nitrogen and oxygen atoms in total. The Morgan fingerprint density at radius 2 is 1.76 bits per heavy atom. The molecular weight excluding hydrogens is 306 g/mol. The van der Waals surface area contributed by atoms with Gasteiger partial charge >= 0.3 is 6.18 Å². The number of benzene rings is 2. The lowest BCUT2D eigenvalue weighted by molar-refractivity contribution is -0.140. The van der Waals surface area contributed by atoms with Crippen LogP contribution in [0.5, 0.6) is 0 Å². The summed E-state index contributed by atoms with van der Waals surface area (Å²) in [5.74, 6) is -1.32. The van der Waals surface area contributed by atoms with Crippen molar-refractivity contribution in [2.45, 2.75) is 18.6 Å². The standard InChI is InChI=1S/C15H12ClF4N/c16-12-4-2-1-3-9(12)8-14(21)10-5-6-11(13(17)7-10)15(18,19)20/h1-7,14H,8,21H2. The van der Waals surface area contributed by atoms with E-state index in [2.05, 4.69) is 0 Å². The highest BCUT2D eigenvalue weighted by Gasteiger charge is 2.34. The molecule has 0 aliphatic rings. The topological polar surface area (TPSA) is 26.0 Å². The predicted molar refractivity (Wildman–Crippen MR) is 73.5 cm³/mol. The lowest BCUT2D eigenvalue weighted by Gasteiger charge is -2.15. The van der Waals surface area contributed by atoms with Crippen molar-refractivity contribution in [2.24, 2.45) is 5.73 Å². The molecule has 0 saturated carbocycles. The van der Waals surface area contributed by atoms with Crippen molar-refractivity contribution in [3.8, 4) is 0 Å². The van der Waals surface area contributed by atoms with Crippen molar-refractivity contribution >= 4 is 11.6 Å². The van der Waals surface area contributed by atoms with Crippen LogP contribution in [0.2, 0.25) is 5.02 Å². The normalized spacial score (nSPS) is 13.2. The molecule has 0 aromatic heterocycles. The molecule has 1 unspecified atom stereocenters. The number of hydrogen-bond donors (Lipinski definition) is 1. The minimum absolute atomic E-state index is 0.292. The zero-order chi connectivity index (χ0) is 15.6. The van der Waals surface area contributed by atoms with Crippen LogP contribution in [-0.4, -0.2) is 0 Å². The van der Waals surface area contributed by atoms with Gasteiger partial charge in [0.15, 0.2) is 0 Å². The Labute approximate surface area is 124 Å². The average Bonchev–Trinajstić information content (AvgIpc) is 2.39. The molecule has 0 spiro atoms. The maximum atomic E-state index is 13.5. The summed E-state index contributed by atoms with van der Waals surface area (Å²) in [6, 6.07) is 9.08. The number of alkyl halides is 3. The van der Waals surface area contributed by atoms with E-state index in [0.29, 0.717) is 23.1 Å². The van der Waals surface area contributed by atoms with E-state index in [1.54, 1.807) is 24.3 Å². The van der Waals surface area contributed by atoms with Gasteiger partial charge in [-0.15, -0.1) is 0 Å². The highest BCUT2D eigenvalue weighted by molar-refractivity contribution is 6.31. The van der Waals surface area contributed by atoms with Crippen LogP contribution in [0.15, 0.2) is 42.5 Å². The van der Waals surface area contributed by atoms with Crippen molar-refractivity contribution in [3.05, 3.63) is 70.0 Å². The van der Waals surface area contributed by atoms with E-state index < -0.39 is 23.6 Å². The minimum Gasteiger partial charge on any atom is -0.324 e. The van der Waals surface area contributed by atoms with Gasteiger partial charge in [0.05, 0.1) is 5.56 Å². The van der Waals surface area contributed by atoms with Crippen molar-refractivity contribution in [3.63, 3.8) is 0 Å². The SMILES string of the molecule is NC(Cc1ccccc1Cl)c1ccc(C(F)(F)F)c(F)c1. The minimum atomic E-state index is -4.71. The largest absolute Gasteiger partial charge is 0.419 e. The fraction of sp³-hybridized carbons (Fsp3) is 0.200. The third-order valence-corrected chi connectivity index (χ3v) is 3.49. The van der Waals surface area contributed by atoms with Gasteiger partial charge in [0.2, 0.25) is 0 Å². The first-order valence-corrected chi connectivity index (χ1v) is 6.52. The molecule has 0 amide bonds. The molecule has 2 aromatic carbocycles. The summed E-state index contributed by atoms with van der Waals surface area (Å²) in [6.45, 7) is 0. The summed E-state index contributed by atoms with van der Waals surface area (Å²) in [6.07, 6.45) is -4.40. The van der Waals surface area contributed by atoms with E-state index in [9.17, 15) is 17.6 Å². The van der Waals surface area contributed by atoms with E-state index in [1.807, 2.05) is 0 Å². The van der Waals surface area contributed by atoms with Crippen LogP contribution in [0.1, 0.15) is 22.7 Å². The molecule has 0 fully saturated rings. The summed E-state index contributed by atoms with van der Waals surface area (Å²) in [4.78, 5) is 0. The van der Waals surface area contributed by atoms with Crippen LogP contribution in [-0.2, 0) is 12.6 Å². The molecule has 21 heavy (non-hydrogen) atoms. The summed E-state index contributed by atoms with van der Waals surface area (Å²) < 4.78 is 51.0. The first-order chi connectivity index (χ1) is 9.79. The zero-order valence-electron chi connectivity index (χ0n) is 10.8. The van der Waals surface area contributed by atoms with E-state index >= 15 is 0 Å². The summed E-state index contributed by atoms with van der Waals surface area (Å²) in [5, 5.41) is 0.514. The van der Waals surface area contributed by atoms with E-state index in [-0.39, 0.29) is 0 Å². The Morgan fingerprint density at radius 1 is 1.10 bits per heavy atom. The molecule has 0 bridgehead atoms. The molecule has 2 N–H and O–H groups in total. The van der Waals surface area contributed by atoms with Crippen molar-refractivity contribution in [1.29, 1.82) is 0 Å². The second kappa shape index (κ2) is 6.03. The third-order valence-electron chi connectivity index (χ3n) is 3.12. The predicted octanol–water partition coefficient (Wildman–Crippen LogP) is 4.74. The lowest BCUT2D eigenvalue weighted by atomic mass is 9.98. The van der Waals surface area contributed by atoms with Crippen LogP contribution in [0, 0.1) is 5.82 Å². The van der Waals surface area contributed by atoms with Gasteiger partial charge in [-0.25, -0.2) is 4.39 Å². The van der Waals surface area contributed by atoms with Gasteiger partial charge in [0.1, 0.15) is 5.82 Å². The molecule has 0 aliphatic heterocycles. The van der Waals surface area contributed by atoms with Gasteiger partial charge in [0, 0.05) is 11.1 Å². The van der Waals surface area contributed by atoms with Gasteiger partial charge in [-0.05, 0) is 35.7 Å². The maximum absolute atomic E-state index is 13.5. The number of rotatable bonds is 3. The maximum Gasteiger partial charge on any atom is 0.419 e. The summed E-state index contributed by atoms with van der Waals surface area (Å²) >= 11 is 5.99. The Bertz CT molecular complexity index is 640. The lowest BCUT2D eigenvalue weighted by Crippen LogP contribution is -2.15. The number of hydrogen-bond acceptors (Lipinski definition) is 1. The summed E-state index contributed by atoms with van der Waals surface area (Å²) in [7, 11) is 0. The Balaban J connectivity index is 2.23. The molecule has 0 saturated heterocycles. The van der Waals surface area contributed by atoms with Crippen LogP contribution >= 0.6 is 11.6 Å². The second-order valence-electron chi connectivity index (χ2n) is 4.64. The molecule has 112 valence electrons. The molecule has 2 rings (SSSR count). The Hall–Kier alpha value is -1.59. The molecule has 0 radical (unpaired) electrons. The van der Waals surface area contributed by atoms with E-state index in [0.717, 1.165) is 11.6 Å². The monoisotopic (exact) mass is 317 g/mol. The van der Waals surface area contributed by atoms with Gasteiger partial charge in [-0.3, -0.25) is 0 Å². The molecular formula is C15H12ClF4N. The van der Waals surface area contributed by atoms with Gasteiger partial charge in [0.25, 0.3) is 0 Å². The summed E-state index contributed by atoms with van der Waals surface area (Å²) in [5.41, 5.74) is 5.67. The van der Waals surface area contributed by atoms with Crippen LogP contribution in [0.4, 0.5) is 17.6 Å². The smallest absolute Gasteiger partial charge is 0.324 e. The Kier molecular flexibility index (Phi) is 4.54. The molecule has 0 aliphatic carbocycles. The highest BCUT2D eigenvalue weighted by Crippen LogP contribution is 2.32. The number of halogens is 5. The van der Waals surface area contributed by atoms with Crippen molar-refractivity contribution < 1.29 is 17.6 Å². The van der Waals surface area contributed by atoms with Gasteiger partial charge in [-0.2, -0.15) is 13.2 Å². The first-order valence-electron chi connectivity index (χ1n) is 6.14. The fourth-order valence-corrected chi connectivity index (χ4v) is 2.22. The molecule has 2 aromatic rings. The molecule has 6 heteroatoms. The van der Waals surface area contributed by atoms with Crippen LogP contribution in [0.3, 0.4) is 0 Å². The van der Waals surface area contributed by atoms with Crippen LogP contribution < -0.4 is 5.73 Å². The van der Waals surface area contributed by atoms with E-state index in [1.165, 1.54) is 6.07 Å². The third kappa shape index (κ3) is 3.74. The number of nitrogens with two attached hydrogens (primary N) is 1. The first kappa shape index (κ1) is 15.8. The van der Waals surface area contributed by atoms with Gasteiger partial charge in [-0.1, -0.05) is 35.9 Å². The van der Waals surface area contributed by atoms with E-state index in [4.69, 9.17) is 17.3 Å². The fourth-order valence-electron chi connectivity index (χ4n) is 2.01. The average molecular weight is 318 g/mol. The molecule has 1 atom stereocenters. The highest BCUT2D eigenvalue weighted by atomic mass is 35.5. The Morgan fingerprint density at radius 3 is 2.33 bits per heavy atom. The van der Waals surface area contributed by atoms with Crippen molar-refractivity contribution in [1.82, 2.24) is 0 Å². The molecule has 0 heterocycles.